The van der Waals surface area contributed by atoms with Crippen LogP contribution in [0.3, 0.4) is 0 Å². The Labute approximate surface area is 138 Å². The maximum absolute atomic E-state index is 15.0. The second kappa shape index (κ2) is 5.78. The lowest BCUT2D eigenvalue weighted by molar-refractivity contribution is 0.619. The Morgan fingerprint density at radius 3 is 2.91 bits per heavy atom. The average Bonchev–Trinajstić information content (AvgIpc) is 3.06. The number of aromatic nitrogens is 2. The number of nitrogens with zero attached hydrogens (tertiary/aromatic N) is 3. The van der Waals surface area contributed by atoms with E-state index >= 15 is 4.39 Å². The first-order valence-electron chi connectivity index (χ1n) is 7.65. The SMILES string of the molecule is Fc1c(N2CCCC2c2cccnc2)ccc2c(Cl)ccnc12. The van der Waals surface area contributed by atoms with Crippen molar-refractivity contribution in [1.82, 2.24) is 9.97 Å². The van der Waals surface area contributed by atoms with E-state index in [0.29, 0.717) is 21.6 Å². The van der Waals surface area contributed by atoms with Crippen molar-refractivity contribution < 1.29 is 4.39 Å². The first-order chi connectivity index (χ1) is 11.3. The number of benzene rings is 1. The molecule has 1 fully saturated rings. The molecule has 3 heterocycles. The van der Waals surface area contributed by atoms with Crippen LogP contribution in [0.5, 0.6) is 0 Å². The summed E-state index contributed by atoms with van der Waals surface area (Å²) < 4.78 is 15.0. The van der Waals surface area contributed by atoms with Crippen molar-refractivity contribution in [2.45, 2.75) is 18.9 Å². The summed E-state index contributed by atoms with van der Waals surface area (Å²) in [5, 5.41) is 1.17. The molecule has 116 valence electrons. The van der Waals surface area contributed by atoms with Crippen LogP contribution >= 0.6 is 11.6 Å². The van der Waals surface area contributed by atoms with E-state index < -0.39 is 0 Å². The number of hydrogen-bond donors (Lipinski definition) is 0. The van der Waals surface area contributed by atoms with Crippen LogP contribution in [0.25, 0.3) is 10.9 Å². The predicted octanol–water partition coefficient (Wildman–Crippen LogP) is 4.76. The zero-order valence-electron chi connectivity index (χ0n) is 12.4. The summed E-state index contributed by atoms with van der Waals surface area (Å²) in [7, 11) is 0. The molecular weight excluding hydrogens is 313 g/mol. The Hall–Kier alpha value is -2.20. The summed E-state index contributed by atoms with van der Waals surface area (Å²) in [6.45, 7) is 0.822. The Morgan fingerprint density at radius 1 is 1.17 bits per heavy atom. The summed E-state index contributed by atoms with van der Waals surface area (Å²) in [4.78, 5) is 10.5. The molecule has 1 aromatic carbocycles. The molecule has 3 nitrogen and oxygen atoms in total. The monoisotopic (exact) mass is 327 g/mol. The third-order valence-electron chi connectivity index (χ3n) is 4.41. The molecule has 4 rings (SSSR count). The molecule has 1 aliphatic heterocycles. The van der Waals surface area contributed by atoms with E-state index in [0.717, 1.165) is 24.9 Å². The van der Waals surface area contributed by atoms with Crippen LogP contribution in [-0.2, 0) is 0 Å². The van der Waals surface area contributed by atoms with Gasteiger partial charge >= 0.3 is 0 Å². The lowest BCUT2D eigenvalue weighted by Crippen LogP contribution is -2.23. The van der Waals surface area contributed by atoms with Crippen LogP contribution in [0.2, 0.25) is 5.02 Å². The average molecular weight is 328 g/mol. The highest BCUT2D eigenvalue weighted by atomic mass is 35.5. The maximum Gasteiger partial charge on any atom is 0.172 e. The molecule has 0 radical (unpaired) electrons. The predicted molar refractivity (Wildman–Crippen MR) is 90.3 cm³/mol. The van der Waals surface area contributed by atoms with Gasteiger partial charge in [0.05, 0.1) is 16.8 Å². The van der Waals surface area contributed by atoms with Gasteiger partial charge in [0.25, 0.3) is 0 Å². The molecular formula is C18H15ClFN3. The third-order valence-corrected chi connectivity index (χ3v) is 4.74. The number of rotatable bonds is 2. The highest BCUT2D eigenvalue weighted by Gasteiger charge is 2.29. The van der Waals surface area contributed by atoms with Crippen LogP contribution in [0.15, 0.2) is 48.9 Å². The van der Waals surface area contributed by atoms with Crippen molar-refractivity contribution in [3.8, 4) is 0 Å². The van der Waals surface area contributed by atoms with E-state index in [9.17, 15) is 0 Å². The Balaban J connectivity index is 1.81. The highest BCUT2D eigenvalue weighted by molar-refractivity contribution is 6.35. The van der Waals surface area contributed by atoms with Gasteiger partial charge in [0.2, 0.25) is 0 Å². The van der Waals surface area contributed by atoms with Gasteiger partial charge in [0.15, 0.2) is 5.82 Å². The van der Waals surface area contributed by atoms with Gasteiger partial charge in [0.1, 0.15) is 5.52 Å². The second-order valence-corrected chi connectivity index (χ2v) is 6.13. The largest absolute Gasteiger partial charge is 0.362 e. The van der Waals surface area contributed by atoms with Crippen LogP contribution < -0.4 is 4.90 Å². The smallest absolute Gasteiger partial charge is 0.172 e. The van der Waals surface area contributed by atoms with E-state index in [4.69, 9.17) is 11.6 Å². The summed E-state index contributed by atoms with van der Waals surface area (Å²) in [5.41, 5.74) is 2.02. The van der Waals surface area contributed by atoms with Crippen LogP contribution in [0.1, 0.15) is 24.4 Å². The van der Waals surface area contributed by atoms with E-state index in [1.807, 2.05) is 24.4 Å². The molecule has 0 N–H and O–H groups in total. The number of halogens is 2. The maximum atomic E-state index is 15.0. The minimum Gasteiger partial charge on any atom is -0.362 e. The Kier molecular flexibility index (Phi) is 3.62. The van der Waals surface area contributed by atoms with E-state index in [1.165, 1.54) is 0 Å². The number of hydrogen-bond acceptors (Lipinski definition) is 3. The number of anilines is 1. The molecule has 1 unspecified atom stereocenters. The van der Waals surface area contributed by atoms with Crippen molar-refractivity contribution in [3.63, 3.8) is 0 Å². The van der Waals surface area contributed by atoms with Crippen molar-refractivity contribution >= 4 is 28.2 Å². The molecule has 2 aromatic heterocycles. The van der Waals surface area contributed by atoms with E-state index in [-0.39, 0.29) is 11.9 Å². The highest BCUT2D eigenvalue weighted by Crippen LogP contribution is 2.39. The lowest BCUT2D eigenvalue weighted by Gasteiger charge is -2.27. The molecule has 1 saturated heterocycles. The van der Waals surface area contributed by atoms with Crippen molar-refractivity contribution in [1.29, 1.82) is 0 Å². The minimum atomic E-state index is -0.305. The molecule has 0 amide bonds. The fraction of sp³-hybridized carbons (Fsp3) is 0.222. The zero-order chi connectivity index (χ0) is 15.8. The third kappa shape index (κ3) is 2.43. The lowest BCUT2D eigenvalue weighted by atomic mass is 10.1. The van der Waals surface area contributed by atoms with E-state index in [1.54, 1.807) is 24.5 Å². The topological polar surface area (TPSA) is 29.0 Å². The molecule has 5 heteroatoms. The minimum absolute atomic E-state index is 0.148. The molecule has 0 bridgehead atoms. The van der Waals surface area contributed by atoms with Crippen LogP contribution in [0, 0.1) is 5.82 Å². The number of pyridine rings is 2. The summed E-state index contributed by atoms with van der Waals surface area (Å²) in [6.07, 6.45) is 7.18. The fourth-order valence-corrected chi connectivity index (χ4v) is 3.55. The molecule has 0 saturated carbocycles. The first-order valence-corrected chi connectivity index (χ1v) is 8.03. The van der Waals surface area contributed by atoms with Gasteiger partial charge in [-0.1, -0.05) is 17.7 Å². The van der Waals surface area contributed by atoms with Gasteiger partial charge in [0, 0.05) is 30.5 Å². The molecule has 23 heavy (non-hydrogen) atoms. The summed E-state index contributed by atoms with van der Waals surface area (Å²) in [5.74, 6) is -0.305. The van der Waals surface area contributed by atoms with Gasteiger partial charge in [-0.3, -0.25) is 9.97 Å². The van der Waals surface area contributed by atoms with Crippen molar-refractivity contribution in [2.24, 2.45) is 0 Å². The van der Waals surface area contributed by atoms with Gasteiger partial charge in [-0.2, -0.15) is 0 Å². The van der Waals surface area contributed by atoms with Gasteiger partial charge in [-0.25, -0.2) is 4.39 Å². The summed E-state index contributed by atoms with van der Waals surface area (Å²) in [6, 6.07) is 9.45. The van der Waals surface area contributed by atoms with E-state index in [2.05, 4.69) is 14.9 Å². The molecule has 0 aliphatic carbocycles. The standard InChI is InChI=1S/C18H15ClFN3/c19-14-7-9-22-18-13(14)5-6-16(17(18)20)23-10-2-4-15(23)12-3-1-8-21-11-12/h1,3,5-9,11,15H,2,4,10H2. The fourth-order valence-electron chi connectivity index (χ4n) is 3.34. The van der Waals surface area contributed by atoms with Gasteiger partial charge in [-0.15, -0.1) is 0 Å². The second-order valence-electron chi connectivity index (χ2n) is 5.73. The van der Waals surface area contributed by atoms with Crippen molar-refractivity contribution in [2.75, 3.05) is 11.4 Å². The van der Waals surface area contributed by atoms with Crippen LogP contribution in [0.4, 0.5) is 10.1 Å². The van der Waals surface area contributed by atoms with Crippen molar-refractivity contribution in [3.05, 3.63) is 65.3 Å². The number of fused-ring (bicyclic) bond motifs is 1. The molecule has 0 spiro atoms. The Morgan fingerprint density at radius 2 is 2.09 bits per heavy atom. The normalized spacial score (nSPS) is 17.8. The molecule has 1 aliphatic rings. The van der Waals surface area contributed by atoms with Crippen LogP contribution in [-0.4, -0.2) is 16.5 Å². The molecule has 1 atom stereocenters. The Bertz CT molecular complexity index is 854. The quantitative estimate of drug-likeness (QED) is 0.679. The van der Waals surface area contributed by atoms with Gasteiger partial charge in [-0.05, 0) is 42.7 Å². The first kappa shape index (κ1) is 14.4. The molecule has 3 aromatic rings. The summed E-state index contributed by atoms with van der Waals surface area (Å²) >= 11 is 6.14. The zero-order valence-corrected chi connectivity index (χ0v) is 13.2. The van der Waals surface area contributed by atoms with Gasteiger partial charge < -0.3 is 4.90 Å².